The number of sulfone groups is 1. The van der Waals surface area contributed by atoms with Gasteiger partial charge in [0.05, 0.1) is 28.7 Å². The summed E-state index contributed by atoms with van der Waals surface area (Å²) in [6.07, 6.45) is 1.65. The van der Waals surface area contributed by atoms with Gasteiger partial charge in [-0.2, -0.15) is 0 Å². The topological polar surface area (TPSA) is 87.6 Å². The van der Waals surface area contributed by atoms with Gasteiger partial charge in [-0.15, -0.1) is 0 Å². The van der Waals surface area contributed by atoms with Crippen molar-refractivity contribution in [1.82, 2.24) is 9.88 Å². The number of amides is 1. The zero-order valence-electron chi connectivity index (χ0n) is 11.0. The number of aromatic nitrogens is 1. The highest BCUT2D eigenvalue weighted by Crippen LogP contribution is 2.23. The Kier molecular flexibility index (Phi) is 5.08. The fraction of sp³-hybridized carbons (Fsp3) is 0.500. The van der Waals surface area contributed by atoms with Crippen LogP contribution in [0.1, 0.15) is 16.8 Å². The summed E-state index contributed by atoms with van der Waals surface area (Å²) in [7, 11) is -3.13. The van der Waals surface area contributed by atoms with Crippen LogP contribution in [0.15, 0.2) is 12.3 Å². The Bertz CT molecular complexity index is 651. The largest absolute Gasteiger partial charge is 0.395 e. The predicted octanol–water partition coefficient (Wildman–Crippen LogP) is 1.01. The molecule has 1 aliphatic rings. The molecule has 1 unspecified atom stereocenters. The number of rotatable bonds is 4. The molecule has 2 heterocycles. The molecule has 0 spiro atoms. The number of hydrogen-bond acceptors (Lipinski definition) is 5. The second-order valence-electron chi connectivity index (χ2n) is 4.78. The Morgan fingerprint density at radius 2 is 2.19 bits per heavy atom. The van der Waals surface area contributed by atoms with Gasteiger partial charge in [0.15, 0.2) is 9.84 Å². The monoisotopic (exact) mass is 352 g/mol. The fourth-order valence-corrected chi connectivity index (χ4v) is 4.28. The first kappa shape index (κ1) is 16.5. The Morgan fingerprint density at radius 1 is 1.48 bits per heavy atom. The number of halogens is 2. The second kappa shape index (κ2) is 6.48. The van der Waals surface area contributed by atoms with Crippen molar-refractivity contribution in [1.29, 1.82) is 0 Å². The van der Waals surface area contributed by atoms with Crippen LogP contribution >= 0.6 is 23.2 Å². The maximum atomic E-state index is 12.5. The molecule has 1 atom stereocenters. The predicted molar refractivity (Wildman–Crippen MR) is 79.4 cm³/mol. The molecule has 116 valence electrons. The van der Waals surface area contributed by atoms with Gasteiger partial charge >= 0.3 is 0 Å². The first-order valence-corrected chi connectivity index (χ1v) is 8.85. The van der Waals surface area contributed by atoms with Gasteiger partial charge in [-0.3, -0.25) is 4.79 Å². The zero-order chi connectivity index (χ0) is 15.6. The number of aliphatic hydroxyl groups is 1. The number of aliphatic hydroxyl groups excluding tert-OH is 1. The first-order chi connectivity index (χ1) is 9.84. The van der Waals surface area contributed by atoms with Crippen LogP contribution in [0, 0.1) is 0 Å². The van der Waals surface area contributed by atoms with Crippen LogP contribution in [0.25, 0.3) is 0 Å². The van der Waals surface area contributed by atoms with Crippen LogP contribution < -0.4 is 0 Å². The van der Waals surface area contributed by atoms with Crippen LogP contribution in [-0.2, 0) is 9.84 Å². The number of carbonyl (C=O) groups excluding carboxylic acids is 1. The molecule has 1 aromatic rings. The van der Waals surface area contributed by atoms with Gasteiger partial charge in [0.25, 0.3) is 5.91 Å². The van der Waals surface area contributed by atoms with Crippen LogP contribution in [-0.4, -0.2) is 60.0 Å². The minimum atomic E-state index is -3.13. The fourth-order valence-electron chi connectivity index (χ4n) is 2.28. The molecular weight excluding hydrogens is 339 g/mol. The summed E-state index contributed by atoms with van der Waals surface area (Å²) in [4.78, 5) is 17.6. The van der Waals surface area contributed by atoms with Gasteiger partial charge in [0, 0.05) is 18.8 Å². The molecule has 0 bridgehead atoms. The number of hydrogen-bond donors (Lipinski definition) is 1. The van der Waals surface area contributed by atoms with Crippen LogP contribution in [0.5, 0.6) is 0 Å². The highest BCUT2D eigenvalue weighted by atomic mass is 35.5. The Morgan fingerprint density at radius 3 is 2.71 bits per heavy atom. The van der Waals surface area contributed by atoms with E-state index in [1.165, 1.54) is 17.2 Å². The molecule has 2 rings (SSSR count). The smallest absolute Gasteiger partial charge is 0.255 e. The van der Waals surface area contributed by atoms with Gasteiger partial charge in [-0.25, -0.2) is 13.4 Å². The molecule has 1 fully saturated rings. The van der Waals surface area contributed by atoms with E-state index in [4.69, 9.17) is 28.3 Å². The Labute approximate surface area is 132 Å². The molecule has 1 aliphatic heterocycles. The maximum absolute atomic E-state index is 12.5. The summed E-state index contributed by atoms with van der Waals surface area (Å²) in [6, 6.07) is 0.941. The van der Waals surface area contributed by atoms with E-state index in [9.17, 15) is 13.2 Å². The van der Waals surface area contributed by atoms with Gasteiger partial charge in [0.1, 0.15) is 5.15 Å². The SMILES string of the molecule is O=C(c1cnc(Cl)c(Cl)c1)N(CCO)C1CCS(=O)(=O)C1. The molecule has 0 aromatic carbocycles. The third-order valence-corrected chi connectivity index (χ3v) is 5.73. The molecule has 0 radical (unpaired) electrons. The number of nitrogens with zero attached hydrogens (tertiary/aromatic N) is 2. The van der Waals surface area contributed by atoms with Crippen molar-refractivity contribution in [3.05, 3.63) is 28.0 Å². The third kappa shape index (κ3) is 3.85. The lowest BCUT2D eigenvalue weighted by Gasteiger charge is -2.27. The normalized spacial score (nSPS) is 20.4. The van der Waals surface area contributed by atoms with E-state index in [2.05, 4.69) is 4.98 Å². The molecule has 1 saturated heterocycles. The summed E-state index contributed by atoms with van der Waals surface area (Å²) >= 11 is 11.5. The van der Waals surface area contributed by atoms with E-state index in [-0.39, 0.29) is 40.4 Å². The van der Waals surface area contributed by atoms with E-state index >= 15 is 0 Å². The molecular formula is C12H14Cl2N2O4S. The highest BCUT2D eigenvalue weighted by molar-refractivity contribution is 7.91. The van der Waals surface area contributed by atoms with Crippen LogP contribution in [0.3, 0.4) is 0 Å². The summed E-state index contributed by atoms with van der Waals surface area (Å²) in [6.45, 7) is -0.198. The lowest BCUT2D eigenvalue weighted by atomic mass is 10.1. The Hall–Kier alpha value is -0.890. The average molecular weight is 353 g/mol. The molecule has 1 N–H and O–H groups in total. The van der Waals surface area contributed by atoms with E-state index in [1.54, 1.807) is 0 Å². The minimum Gasteiger partial charge on any atom is -0.395 e. The Balaban J connectivity index is 2.25. The van der Waals surface area contributed by atoms with E-state index in [0.29, 0.717) is 6.42 Å². The lowest BCUT2D eigenvalue weighted by molar-refractivity contribution is 0.0655. The maximum Gasteiger partial charge on any atom is 0.255 e. The summed E-state index contributed by atoms with van der Waals surface area (Å²) in [5.74, 6) is -0.461. The average Bonchev–Trinajstić information content (AvgIpc) is 2.78. The van der Waals surface area contributed by atoms with Crippen LogP contribution in [0.4, 0.5) is 0 Å². The van der Waals surface area contributed by atoms with Crippen molar-refractivity contribution in [2.24, 2.45) is 0 Å². The number of carbonyl (C=O) groups is 1. The van der Waals surface area contributed by atoms with Crippen molar-refractivity contribution in [3.8, 4) is 0 Å². The van der Waals surface area contributed by atoms with Gasteiger partial charge < -0.3 is 10.0 Å². The first-order valence-electron chi connectivity index (χ1n) is 6.27. The molecule has 0 aliphatic carbocycles. The van der Waals surface area contributed by atoms with Gasteiger partial charge in [-0.1, -0.05) is 23.2 Å². The van der Waals surface area contributed by atoms with Gasteiger partial charge in [0.2, 0.25) is 0 Å². The second-order valence-corrected chi connectivity index (χ2v) is 7.77. The highest BCUT2D eigenvalue weighted by Gasteiger charge is 2.34. The molecule has 1 aromatic heterocycles. The minimum absolute atomic E-state index is 0.0481. The molecule has 0 saturated carbocycles. The number of pyridine rings is 1. The van der Waals surface area contributed by atoms with Crippen molar-refractivity contribution in [3.63, 3.8) is 0 Å². The zero-order valence-corrected chi connectivity index (χ0v) is 13.3. The van der Waals surface area contributed by atoms with Crippen molar-refractivity contribution < 1.29 is 18.3 Å². The quantitative estimate of drug-likeness (QED) is 0.817. The third-order valence-electron chi connectivity index (χ3n) is 3.29. The summed E-state index contributed by atoms with van der Waals surface area (Å²) in [5.41, 5.74) is 0.210. The standard InChI is InChI=1S/C12H14Cl2N2O4S/c13-10-5-8(6-15-11(10)14)12(18)16(2-3-17)9-1-4-21(19,20)7-9/h5-6,9,17H,1-4,7H2. The molecule has 9 heteroatoms. The molecule has 1 amide bonds. The summed E-state index contributed by atoms with van der Waals surface area (Å²) < 4.78 is 23.1. The van der Waals surface area contributed by atoms with E-state index in [1.807, 2.05) is 0 Å². The van der Waals surface area contributed by atoms with Gasteiger partial charge in [-0.05, 0) is 12.5 Å². The lowest BCUT2D eigenvalue weighted by Crippen LogP contribution is -2.42. The van der Waals surface area contributed by atoms with Crippen molar-refractivity contribution >= 4 is 38.9 Å². The summed E-state index contributed by atoms with van der Waals surface area (Å²) in [5, 5.41) is 9.35. The molecule has 21 heavy (non-hydrogen) atoms. The van der Waals surface area contributed by atoms with E-state index in [0.717, 1.165) is 0 Å². The molecule has 6 nitrogen and oxygen atoms in total. The van der Waals surface area contributed by atoms with E-state index < -0.39 is 21.8 Å². The van der Waals surface area contributed by atoms with Crippen LogP contribution in [0.2, 0.25) is 10.2 Å². The van der Waals surface area contributed by atoms with Crippen molar-refractivity contribution in [2.45, 2.75) is 12.5 Å². The van der Waals surface area contributed by atoms with Crippen molar-refractivity contribution in [2.75, 3.05) is 24.7 Å².